The van der Waals surface area contributed by atoms with E-state index in [9.17, 15) is 8.42 Å². The van der Waals surface area contributed by atoms with Crippen LogP contribution in [0.25, 0.3) is 0 Å². The van der Waals surface area contributed by atoms with Crippen molar-refractivity contribution in [2.75, 3.05) is 12.8 Å². The van der Waals surface area contributed by atoms with Gasteiger partial charge in [0.1, 0.15) is 0 Å². The molecule has 0 saturated heterocycles. The molecule has 94 valence electrons. The third-order valence-corrected chi connectivity index (χ3v) is 3.92. The Morgan fingerprint density at radius 1 is 1.18 bits per heavy atom. The Morgan fingerprint density at radius 3 is 2.59 bits per heavy atom. The molecular weight excluding hydrogens is 234 g/mol. The number of hydrogen-bond donors (Lipinski definition) is 1. The minimum absolute atomic E-state index is 0.484. The second-order valence-corrected chi connectivity index (χ2v) is 6.56. The molecule has 0 unspecified atom stereocenters. The highest BCUT2D eigenvalue weighted by atomic mass is 32.2. The molecule has 0 atom stereocenters. The average Bonchev–Trinajstić information content (AvgIpc) is 2.27. The molecule has 1 aromatic rings. The fraction of sp³-hybridized carbons (Fsp3) is 0.538. The van der Waals surface area contributed by atoms with Crippen molar-refractivity contribution >= 4 is 10.0 Å². The predicted octanol–water partition coefficient (Wildman–Crippen LogP) is 1.66. The molecule has 0 saturated carbocycles. The lowest BCUT2D eigenvalue weighted by Crippen LogP contribution is -2.24. The number of fused-ring (bicyclic) bond motifs is 1. The van der Waals surface area contributed by atoms with E-state index in [1.165, 1.54) is 48.6 Å². The van der Waals surface area contributed by atoms with Crippen LogP contribution in [0.2, 0.25) is 0 Å². The monoisotopic (exact) mass is 253 g/mol. The number of benzene rings is 1. The Hall–Kier alpha value is -0.870. The first-order valence-electron chi connectivity index (χ1n) is 6.10. The van der Waals surface area contributed by atoms with E-state index in [1.807, 2.05) is 0 Å². The van der Waals surface area contributed by atoms with E-state index in [4.69, 9.17) is 0 Å². The molecule has 0 heterocycles. The van der Waals surface area contributed by atoms with Gasteiger partial charge in [-0.25, -0.2) is 13.1 Å². The highest BCUT2D eigenvalue weighted by Gasteiger charge is 2.09. The summed E-state index contributed by atoms with van der Waals surface area (Å²) < 4.78 is 24.4. The number of aryl methyl sites for hydroxylation is 2. The van der Waals surface area contributed by atoms with Gasteiger partial charge in [-0.3, -0.25) is 0 Å². The summed E-state index contributed by atoms with van der Waals surface area (Å²) in [6.45, 7) is 0.484. The summed E-state index contributed by atoms with van der Waals surface area (Å²) in [5, 5.41) is 0. The van der Waals surface area contributed by atoms with Crippen molar-refractivity contribution in [2.45, 2.75) is 32.1 Å². The van der Waals surface area contributed by atoms with Crippen LogP contribution in [-0.2, 0) is 29.3 Å². The Kier molecular flexibility index (Phi) is 3.84. The highest BCUT2D eigenvalue weighted by Crippen LogP contribution is 2.22. The first kappa shape index (κ1) is 12.6. The molecular formula is C13H19NO2S. The maximum atomic E-state index is 10.9. The molecule has 2 rings (SSSR count). The number of rotatable bonds is 4. The van der Waals surface area contributed by atoms with Crippen LogP contribution in [0.15, 0.2) is 18.2 Å². The first-order valence-corrected chi connectivity index (χ1v) is 7.99. The second-order valence-electron chi connectivity index (χ2n) is 4.73. The lowest BCUT2D eigenvalue weighted by Gasteiger charge is -2.16. The van der Waals surface area contributed by atoms with Crippen molar-refractivity contribution in [1.29, 1.82) is 0 Å². The lowest BCUT2D eigenvalue weighted by molar-refractivity contribution is 0.588. The normalized spacial score (nSPS) is 15.6. The van der Waals surface area contributed by atoms with Crippen LogP contribution in [-0.4, -0.2) is 21.2 Å². The van der Waals surface area contributed by atoms with Crippen LogP contribution < -0.4 is 4.72 Å². The molecule has 0 aliphatic heterocycles. The zero-order chi connectivity index (χ0) is 12.3. The highest BCUT2D eigenvalue weighted by molar-refractivity contribution is 7.88. The van der Waals surface area contributed by atoms with Crippen LogP contribution in [0.1, 0.15) is 29.5 Å². The molecule has 0 fully saturated rings. The van der Waals surface area contributed by atoms with Crippen molar-refractivity contribution < 1.29 is 8.42 Å². The molecule has 1 N–H and O–H groups in total. The first-order chi connectivity index (χ1) is 8.04. The van der Waals surface area contributed by atoms with Gasteiger partial charge >= 0.3 is 0 Å². The molecule has 1 aliphatic rings. The van der Waals surface area contributed by atoms with Gasteiger partial charge < -0.3 is 0 Å². The smallest absolute Gasteiger partial charge is 0.208 e. The number of sulfonamides is 1. The van der Waals surface area contributed by atoms with Crippen LogP contribution in [0.5, 0.6) is 0 Å². The standard InChI is InChI=1S/C13H19NO2S/c1-17(15,16)14-9-8-11-6-7-12-4-2-3-5-13(12)10-11/h6-7,10,14H,2-5,8-9H2,1H3. The van der Waals surface area contributed by atoms with Gasteiger partial charge in [0.15, 0.2) is 0 Å². The van der Waals surface area contributed by atoms with E-state index in [-0.39, 0.29) is 0 Å². The van der Waals surface area contributed by atoms with E-state index in [2.05, 4.69) is 22.9 Å². The van der Waals surface area contributed by atoms with E-state index in [0.29, 0.717) is 6.54 Å². The minimum Gasteiger partial charge on any atom is -0.215 e. The SMILES string of the molecule is CS(=O)(=O)NCCc1ccc2c(c1)CCCC2. The summed E-state index contributed by atoms with van der Waals surface area (Å²) >= 11 is 0. The summed E-state index contributed by atoms with van der Waals surface area (Å²) in [6.07, 6.45) is 6.89. The maximum Gasteiger partial charge on any atom is 0.208 e. The van der Waals surface area contributed by atoms with E-state index in [0.717, 1.165) is 6.42 Å². The maximum absolute atomic E-state index is 10.9. The largest absolute Gasteiger partial charge is 0.215 e. The molecule has 0 spiro atoms. The third kappa shape index (κ3) is 3.82. The summed E-state index contributed by atoms with van der Waals surface area (Å²) in [7, 11) is -3.06. The molecule has 0 bridgehead atoms. The van der Waals surface area contributed by atoms with Gasteiger partial charge in [-0.2, -0.15) is 0 Å². The summed E-state index contributed by atoms with van der Waals surface area (Å²) in [4.78, 5) is 0. The fourth-order valence-corrected chi connectivity index (χ4v) is 2.80. The van der Waals surface area contributed by atoms with Gasteiger partial charge in [-0.1, -0.05) is 18.2 Å². The topological polar surface area (TPSA) is 46.2 Å². The third-order valence-electron chi connectivity index (χ3n) is 3.19. The van der Waals surface area contributed by atoms with Crippen molar-refractivity contribution in [3.05, 3.63) is 34.9 Å². The summed E-state index contributed by atoms with van der Waals surface area (Å²) in [5.74, 6) is 0. The molecule has 0 amide bonds. The molecule has 4 heteroatoms. The average molecular weight is 253 g/mol. The van der Waals surface area contributed by atoms with Crippen LogP contribution in [0.3, 0.4) is 0 Å². The van der Waals surface area contributed by atoms with E-state index < -0.39 is 10.0 Å². The number of hydrogen-bond acceptors (Lipinski definition) is 2. The van der Waals surface area contributed by atoms with E-state index in [1.54, 1.807) is 0 Å². The Morgan fingerprint density at radius 2 is 1.88 bits per heavy atom. The van der Waals surface area contributed by atoms with Crippen molar-refractivity contribution in [3.8, 4) is 0 Å². The van der Waals surface area contributed by atoms with Gasteiger partial charge in [0, 0.05) is 6.54 Å². The predicted molar refractivity (Wildman–Crippen MR) is 69.6 cm³/mol. The van der Waals surface area contributed by atoms with Crippen LogP contribution >= 0.6 is 0 Å². The Labute approximate surface area is 103 Å². The molecule has 0 aromatic heterocycles. The van der Waals surface area contributed by atoms with Gasteiger partial charge in [-0.05, 0) is 48.8 Å². The Bertz CT molecular complexity index is 494. The second kappa shape index (κ2) is 5.19. The van der Waals surface area contributed by atoms with Crippen molar-refractivity contribution in [3.63, 3.8) is 0 Å². The van der Waals surface area contributed by atoms with E-state index >= 15 is 0 Å². The molecule has 1 aliphatic carbocycles. The lowest BCUT2D eigenvalue weighted by atomic mass is 9.90. The molecule has 3 nitrogen and oxygen atoms in total. The van der Waals surface area contributed by atoms with Crippen LogP contribution in [0, 0.1) is 0 Å². The Balaban J connectivity index is 1.98. The van der Waals surface area contributed by atoms with Gasteiger partial charge in [0.2, 0.25) is 10.0 Å². The van der Waals surface area contributed by atoms with Crippen LogP contribution in [0.4, 0.5) is 0 Å². The quantitative estimate of drug-likeness (QED) is 0.887. The zero-order valence-corrected chi connectivity index (χ0v) is 11.0. The molecule has 17 heavy (non-hydrogen) atoms. The summed E-state index contributed by atoms with van der Waals surface area (Å²) in [6, 6.07) is 6.55. The number of nitrogens with one attached hydrogen (secondary N) is 1. The molecule has 1 aromatic carbocycles. The van der Waals surface area contributed by atoms with Gasteiger partial charge in [0.25, 0.3) is 0 Å². The summed E-state index contributed by atoms with van der Waals surface area (Å²) in [5.41, 5.74) is 4.14. The zero-order valence-electron chi connectivity index (χ0n) is 10.2. The fourth-order valence-electron chi connectivity index (χ4n) is 2.32. The minimum atomic E-state index is -3.06. The van der Waals surface area contributed by atoms with Crippen molar-refractivity contribution in [2.24, 2.45) is 0 Å². The van der Waals surface area contributed by atoms with Gasteiger partial charge in [0.05, 0.1) is 6.26 Å². The van der Waals surface area contributed by atoms with Gasteiger partial charge in [-0.15, -0.1) is 0 Å². The van der Waals surface area contributed by atoms with Crippen molar-refractivity contribution in [1.82, 2.24) is 4.72 Å². The molecule has 0 radical (unpaired) electrons.